The number of hydrogen-bond acceptors (Lipinski definition) is 5. The Morgan fingerprint density at radius 2 is 1.97 bits per heavy atom. The molecule has 0 unspecified atom stereocenters. The standard InChI is InChI=1S/C22H26FN4O2/c1-3-4-14-29-20-7-5-6-19(21(20)28-2)26-10-12-27(13-11-26)22-17-9-8-16(23)15-18(17)24-25-22/h5-6,8-9,15H,3-4,10-14H2,1-2H3,(H,24,25). The second-order valence-corrected chi connectivity index (χ2v) is 7.14. The lowest BCUT2D eigenvalue weighted by molar-refractivity contribution is 0.287. The predicted molar refractivity (Wildman–Crippen MR) is 113 cm³/mol. The molecule has 29 heavy (non-hydrogen) atoms. The van der Waals surface area contributed by atoms with E-state index < -0.39 is 0 Å². The largest absolute Gasteiger partial charge is 0.491 e. The third kappa shape index (κ3) is 3.95. The van der Waals surface area contributed by atoms with Crippen molar-refractivity contribution in [3.05, 3.63) is 42.2 Å². The first-order chi connectivity index (χ1) is 14.2. The Bertz CT molecular complexity index is 967. The molecule has 7 heteroatoms. The van der Waals surface area contributed by atoms with Gasteiger partial charge in [0.05, 0.1) is 24.9 Å². The van der Waals surface area contributed by atoms with E-state index in [9.17, 15) is 4.39 Å². The van der Waals surface area contributed by atoms with E-state index in [-0.39, 0.29) is 5.82 Å². The van der Waals surface area contributed by atoms with E-state index in [4.69, 9.17) is 9.47 Å². The molecule has 1 radical (unpaired) electrons. The van der Waals surface area contributed by atoms with Crippen LogP contribution in [0.1, 0.15) is 19.8 Å². The van der Waals surface area contributed by atoms with Gasteiger partial charge >= 0.3 is 0 Å². The maximum absolute atomic E-state index is 13.4. The lowest BCUT2D eigenvalue weighted by atomic mass is 10.2. The quantitative estimate of drug-likeness (QED) is 0.611. The summed E-state index contributed by atoms with van der Waals surface area (Å²) in [5.41, 5.74) is 1.74. The molecule has 0 atom stereocenters. The number of hydrogen-bond donors (Lipinski definition) is 1. The van der Waals surface area contributed by atoms with Gasteiger partial charge in [0, 0.05) is 37.6 Å². The topological polar surface area (TPSA) is 53.6 Å². The van der Waals surface area contributed by atoms with Gasteiger partial charge in [-0.25, -0.2) is 4.39 Å². The number of nitrogens with one attached hydrogen (secondary N) is 1. The fourth-order valence-corrected chi connectivity index (χ4v) is 3.70. The van der Waals surface area contributed by atoms with Crippen molar-refractivity contribution >= 4 is 22.4 Å². The van der Waals surface area contributed by atoms with E-state index in [1.807, 2.05) is 12.1 Å². The van der Waals surface area contributed by atoms with Crippen molar-refractivity contribution in [3.8, 4) is 11.5 Å². The van der Waals surface area contributed by atoms with Crippen LogP contribution in [0.2, 0.25) is 0 Å². The number of aromatic nitrogens is 2. The van der Waals surface area contributed by atoms with Gasteiger partial charge in [0.1, 0.15) is 5.82 Å². The molecule has 4 rings (SSSR count). The van der Waals surface area contributed by atoms with E-state index in [1.165, 1.54) is 12.1 Å². The van der Waals surface area contributed by atoms with Gasteiger partial charge in [-0.05, 0) is 36.8 Å². The van der Waals surface area contributed by atoms with Crippen LogP contribution in [0.4, 0.5) is 15.9 Å². The molecule has 2 heterocycles. The maximum atomic E-state index is 13.4. The fourth-order valence-electron chi connectivity index (χ4n) is 3.70. The number of methoxy groups -OCH3 is 1. The van der Waals surface area contributed by atoms with Crippen LogP contribution in [0.5, 0.6) is 11.5 Å². The normalized spacial score (nSPS) is 14.4. The number of nitrogens with zero attached hydrogens (tertiary/aromatic N) is 3. The summed E-state index contributed by atoms with van der Waals surface area (Å²) in [7, 11) is 1.67. The molecule has 1 aromatic heterocycles. The van der Waals surface area contributed by atoms with Gasteiger partial charge in [0.15, 0.2) is 17.3 Å². The minimum atomic E-state index is -0.262. The Kier molecular flexibility index (Phi) is 5.74. The SMILES string of the molecule is CCCCOc1[c]ccc(N2CCN(c3n[nH]c4cc(F)ccc34)CC2)c1OC. The number of aromatic amines is 1. The summed E-state index contributed by atoms with van der Waals surface area (Å²) in [6.07, 6.45) is 2.08. The van der Waals surface area contributed by atoms with Crippen LogP contribution in [-0.2, 0) is 0 Å². The highest BCUT2D eigenvalue weighted by molar-refractivity contribution is 5.90. The van der Waals surface area contributed by atoms with Crippen LogP contribution >= 0.6 is 0 Å². The first-order valence-electron chi connectivity index (χ1n) is 10.1. The molecule has 1 N–H and O–H groups in total. The molecule has 2 aromatic carbocycles. The second-order valence-electron chi connectivity index (χ2n) is 7.14. The van der Waals surface area contributed by atoms with Crippen molar-refractivity contribution in [1.29, 1.82) is 0 Å². The molecule has 153 valence electrons. The molecule has 0 amide bonds. The van der Waals surface area contributed by atoms with Gasteiger partial charge in [0.25, 0.3) is 0 Å². The number of fused-ring (bicyclic) bond motifs is 1. The van der Waals surface area contributed by atoms with Crippen LogP contribution in [0, 0.1) is 11.9 Å². The first kappa shape index (κ1) is 19.4. The van der Waals surface area contributed by atoms with Crippen LogP contribution in [0.3, 0.4) is 0 Å². The third-order valence-corrected chi connectivity index (χ3v) is 5.27. The molecule has 1 saturated heterocycles. The smallest absolute Gasteiger partial charge is 0.184 e. The van der Waals surface area contributed by atoms with Gasteiger partial charge in [-0.2, -0.15) is 5.10 Å². The fraction of sp³-hybridized carbons (Fsp3) is 0.409. The van der Waals surface area contributed by atoms with Crippen LogP contribution in [0.25, 0.3) is 10.9 Å². The van der Waals surface area contributed by atoms with Crippen LogP contribution in [0.15, 0.2) is 30.3 Å². The van der Waals surface area contributed by atoms with Crippen molar-refractivity contribution in [1.82, 2.24) is 10.2 Å². The van der Waals surface area contributed by atoms with Gasteiger partial charge < -0.3 is 19.3 Å². The summed E-state index contributed by atoms with van der Waals surface area (Å²) < 4.78 is 25.0. The number of H-pyrrole nitrogens is 1. The number of unbranched alkanes of at least 4 members (excludes halogenated alkanes) is 1. The van der Waals surface area contributed by atoms with E-state index in [2.05, 4.69) is 33.0 Å². The molecule has 1 fully saturated rings. The number of anilines is 2. The maximum Gasteiger partial charge on any atom is 0.184 e. The minimum Gasteiger partial charge on any atom is -0.491 e. The molecule has 0 spiro atoms. The Morgan fingerprint density at radius 1 is 1.17 bits per heavy atom. The summed E-state index contributed by atoms with van der Waals surface area (Å²) in [6.45, 7) is 6.07. The summed E-state index contributed by atoms with van der Waals surface area (Å²) in [4.78, 5) is 4.53. The Labute approximate surface area is 170 Å². The van der Waals surface area contributed by atoms with Crippen molar-refractivity contribution < 1.29 is 13.9 Å². The molecule has 3 aromatic rings. The van der Waals surface area contributed by atoms with Crippen molar-refractivity contribution in [2.75, 3.05) is 49.7 Å². The third-order valence-electron chi connectivity index (χ3n) is 5.27. The zero-order valence-corrected chi connectivity index (χ0v) is 16.9. The number of rotatable bonds is 7. The molecule has 0 bridgehead atoms. The van der Waals surface area contributed by atoms with E-state index in [1.54, 1.807) is 13.2 Å². The van der Waals surface area contributed by atoms with Gasteiger partial charge in [-0.1, -0.05) is 13.3 Å². The summed E-state index contributed by atoms with van der Waals surface area (Å²) >= 11 is 0. The van der Waals surface area contributed by atoms with E-state index in [0.29, 0.717) is 12.4 Å². The lowest BCUT2D eigenvalue weighted by Crippen LogP contribution is -2.46. The first-order valence-corrected chi connectivity index (χ1v) is 10.1. The molecular weight excluding hydrogens is 371 g/mol. The molecule has 0 saturated carbocycles. The van der Waals surface area contributed by atoms with Gasteiger partial charge in [0.2, 0.25) is 0 Å². The molecule has 0 aliphatic carbocycles. The zero-order valence-electron chi connectivity index (χ0n) is 16.9. The predicted octanol–water partition coefficient (Wildman–Crippen LogP) is 4.02. The highest BCUT2D eigenvalue weighted by Gasteiger charge is 2.24. The van der Waals surface area contributed by atoms with Gasteiger partial charge in [-0.3, -0.25) is 5.10 Å². The zero-order chi connectivity index (χ0) is 20.2. The Balaban J connectivity index is 1.48. The van der Waals surface area contributed by atoms with Crippen molar-refractivity contribution in [2.45, 2.75) is 19.8 Å². The minimum absolute atomic E-state index is 0.262. The second kappa shape index (κ2) is 8.59. The highest BCUT2D eigenvalue weighted by Crippen LogP contribution is 2.38. The number of halogens is 1. The Hall–Kier alpha value is -2.96. The molecule has 6 nitrogen and oxygen atoms in total. The monoisotopic (exact) mass is 397 g/mol. The Morgan fingerprint density at radius 3 is 2.72 bits per heavy atom. The molecule has 1 aliphatic rings. The summed E-state index contributed by atoms with van der Waals surface area (Å²) in [5.74, 6) is 2.01. The van der Waals surface area contributed by atoms with Gasteiger partial charge in [-0.15, -0.1) is 0 Å². The molecular formula is C22H26FN4O2. The number of benzene rings is 2. The number of piperazine rings is 1. The number of ether oxygens (including phenoxy) is 2. The van der Waals surface area contributed by atoms with Crippen LogP contribution in [-0.4, -0.2) is 50.1 Å². The van der Waals surface area contributed by atoms with Crippen molar-refractivity contribution in [3.63, 3.8) is 0 Å². The summed E-state index contributed by atoms with van der Waals surface area (Å²) in [6, 6.07) is 11.8. The van der Waals surface area contributed by atoms with E-state index in [0.717, 1.165) is 67.2 Å². The lowest BCUT2D eigenvalue weighted by Gasteiger charge is -2.37. The van der Waals surface area contributed by atoms with E-state index >= 15 is 0 Å². The summed E-state index contributed by atoms with van der Waals surface area (Å²) in [5, 5.41) is 8.29. The average Bonchev–Trinajstić information content (AvgIpc) is 3.17. The van der Waals surface area contributed by atoms with Crippen LogP contribution < -0.4 is 19.3 Å². The average molecular weight is 397 g/mol. The van der Waals surface area contributed by atoms with Crippen molar-refractivity contribution in [2.24, 2.45) is 0 Å². The highest BCUT2D eigenvalue weighted by atomic mass is 19.1. The molecule has 1 aliphatic heterocycles.